The topological polar surface area (TPSA) is 84.2 Å². The number of carbonyl (C=O) groups excluding carboxylic acids is 2. The number of thiazole rings is 1. The first-order valence-corrected chi connectivity index (χ1v) is 9.03. The van der Waals surface area contributed by atoms with Crippen LogP contribution in [0.2, 0.25) is 0 Å². The fourth-order valence-corrected chi connectivity index (χ4v) is 3.52. The van der Waals surface area contributed by atoms with Crippen molar-refractivity contribution in [2.45, 2.75) is 6.92 Å². The molecule has 0 spiro atoms. The molecule has 2 heterocycles. The molecule has 4 rings (SSSR count). The van der Waals surface area contributed by atoms with Crippen molar-refractivity contribution in [2.75, 3.05) is 10.6 Å². The number of carbonyl (C=O) groups is 2. The van der Waals surface area contributed by atoms with E-state index in [2.05, 4.69) is 15.6 Å². The van der Waals surface area contributed by atoms with Gasteiger partial charge in [-0.25, -0.2) is 4.98 Å². The molecule has 0 atom stereocenters. The van der Waals surface area contributed by atoms with Crippen molar-refractivity contribution in [1.82, 2.24) is 4.98 Å². The molecule has 0 bridgehead atoms. The maximum Gasteiger partial charge on any atom is 0.291 e. The van der Waals surface area contributed by atoms with Crippen LogP contribution in [0, 0.1) is 6.92 Å². The minimum absolute atomic E-state index is 0.225. The quantitative estimate of drug-likeness (QED) is 0.540. The van der Waals surface area contributed by atoms with Crippen LogP contribution >= 0.6 is 11.3 Å². The normalized spacial score (nSPS) is 10.7. The summed E-state index contributed by atoms with van der Waals surface area (Å²) in [7, 11) is 0. The predicted molar refractivity (Wildman–Crippen MR) is 105 cm³/mol. The minimum atomic E-state index is -0.345. The lowest BCUT2D eigenvalue weighted by molar-refractivity contribution is 0.0995. The molecule has 2 amide bonds. The number of furan rings is 1. The summed E-state index contributed by atoms with van der Waals surface area (Å²) in [4.78, 5) is 28.8. The lowest BCUT2D eigenvalue weighted by Gasteiger charge is -2.05. The molecule has 2 aromatic carbocycles. The fourth-order valence-electron chi connectivity index (χ4n) is 2.56. The highest BCUT2D eigenvalue weighted by atomic mass is 32.1. The van der Waals surface area contributed by atoms with Crippen LogP contribution in [0.1, 0.15) is 26.5 Å². The molecule has 7 heteroatoms. The van der Waals surface area contributed by atoms with Gasteiger partial charge in [0.15, 0.2) is 10.9 Å². The van der Waals surface area contributed by atoms with Gasteiger partial charge in [-0.3, -0.25) is 14.9 Å². The Morgan fingerprint density at radius 1 is 1.00 bits per heavy atom. The molecule has 0 aliphatic heterocycles. The number of rotatable bonds is 4. The summed E-state index contributed by atoms with van der Waals surface area (Å²) in [6, 6.07) is 15.8. The van der Waals surface area contributed by atoms with E-state index in [1.165, 1.54) is 17.6 Å². The van der Waals surface area contributed by atoms with E-state index in [9.17, 15) is 9.59 Å². The lowest BCUT2D eigenvalue weighted by Crippen LogP contribution is -2.13. The first-order valence-electron chi connectivity index (χ1n) is 8.22. The second-order valence-corrected chi connectivity index (χ2v) is 6.98. The molecule has 0 saturated carbocycles. The maximum absolute atomic E-state index is 12.4. The largest absolute Gasteiger partial charge is 0.459 e. The van der Waals surface area contributed by atoms with Crippen molar-refractivity contribution in [3.05, 3.63) is 77.7 Å². The number of fused-ring (bicyclic) bond motifs is 1. The van der Waals surface area contributed by atoms with E-state index in [0.717, 1.165) is 15.8 Å². The number of aromatic nitrogens is 1. The molecule has 0 aliphatic carbocycles. The van der Waals surface area contributed by atoms with E-state index >= 15 is 0 Å². The Hall–Kier alpha value is -3.45. The zero-order chi connectivity index (χ0) is 18.8. The zero-order valence-corrected chi connectivity index (χ0v) is 15.2. The molecule has 0 saturated heterocycles. The van der Waals surface area contributed by atoms with Gasteiger partial charge in [-0.15, -0.1) is 0 Å². The lowest BCUT2D eigenvalue weighted by atomic mass is 10.2. The number of hydrogen-bond acceptors (Lipinski definition) is 5. The third-order valence-corrected chi connectivity index (χ3v) is 4.85. The second kappa shape index (κ2) is 7.05. The molecule has 2 aromatic heterocycles. The number of anilines is 2. The number of benzene rings is 2. The molecular formula is C20H15N3O3S. The summed E-state index contributed by atoms with van der Waals surface area (Å²) in [5.74, 6) is -0.375. The molecule has 2 N–H and O–H groups in total. The SMILES string of the molecule is Cc1ccc2nc(NC(=O)c3ccc(NC(=O)c4ccco4)cc3)sc2c1. The molecule has 0 fully saturated rings. The van der Waals surface area contributed by atoms with Crippen molar-refractivity contribution in [3.63, 3.8) is 0 Å². The van der Waals surface area contributed by atoms with Crippen LogP contribution in [0.4, 0.5) is 10.8 Å². The predicted octanol–water partition coefficient (Wildman–Crippen LogP) is 4.70. The van der Waals surface area contributed by atoms with E-state index < -0.39 is 0 Å². The van der Waals surface area contributed by atoms with Crippen molar-refractivity contribution >= 4 is 44.2 Å². The Morgan fingerprint density at radius 2 is 1.81 bits per heavy atom. The Kier molecular flexibility index (Phi) is 4.43. The van der Waals surface area contributed by atoms with Crippen molar-refractivity contribution in [3.8, 4) is 0 Å². The van der Waals surface area contributed by atoms with Crippen molar-refractivity contribution in [2.24, 2.45) is 0 Å². The van der Waals surface area contributed by atoms with Crippen molar-refractivity contribution in [1.29, 1.82) is 0 Å². The van der Waals surface area contributed by atoms with Crippen LogP contribution in [0.3, 0.4) is 0 Å². The van der Waals surface area contributed by atoms with E-state index in [-0.39, 0.29) is 17.6 Å². The summed E-state index contributed by atoms with van der Waals surface area (Å²) in [5, 5.41) is 6.08. The molecule has 0 radical (unpaired) electrons. The molecular weight excluding hydrogens is 362 g/mol. The van der Waals surface area contributed by atoms with Gasteiger partial charge in [0.25, 0.3) is 11.8 Å². The minimum Gasteiger partial charge on any atom is -0.459 e. The number of aryl methyl sites for hydroxylation is 1. The second-order valence-electron chi connectivity index (χ2n) is 5.95. The summed E-state index contributed by atoms with van der Waals surface area (Å²) >= 11 is 1.43. The zero-order valence-electron chi connectivity index (χ0n) is 14.4. The molecule has 0 unspecified atom stereocenters. The molecule has 4 aromatic rings. The van der Waals surface area contributed by atoms with Crippen LogP contribution in [0.15, 0.2) is 65.3 Å². The number of nitrogens with zero attached hydrogens (tertiary/aromatic N) is 1. The van der Waals surface area contributed by atoms with Crippen LogP contribution < -0.4 is 10.6 Å². The van der Waals surface area contributed by atoms with Crippen LogP contribution in [0.5, 0.6) is 0 Å². The first kappa shape index (κ1) is 17.0. The van der Waals surface area contributed by atoms with Gasteiger partial charge < -0.3 is 9.73 Å². The van der Waals surface area contributed by atoms with E-state index in [1.807, 2.05) is 25.1 Å². The van der Waals surface area contributed by atoms with Gasteiger partial charge in [0.05, 0.1) is 16.5 Å². The standard InChI is InChI=1S/C20H15N3O3S/c1-12-4-9-15-17(11-12)27-20(22-15)23-18(24)13-5-7-14(8-6-13)21-19(25)16-3-2-10-26-16/h2-11H,1H3,(H,21,25)(H,22,23,24). The average Bonchev–Trinajstić information content (AvgIpc) is 3.31. The van der Waals surface area contributed by atoms with Gasteiger partial charge in [-0.1, -0.05) is 17.4 Å². The summed E-state index contributed by atoms with van der Waals surface area (Å²) in [6.07, 6.45) is 1.44. The third-order valence-electron chi connectivity index (χ3n) is 3.91. The summed E-state index contributed by atoms with van der Waals surface area (Å²) in [5.41, 5.74) is 3.05. The van der Waals surface area contributed by atoms with Crippen LogP contribution in [-0.2, 0) is 0 Å². The Labute approximate surface area is 158 Å². The van der Waals surface area contributed by atoms with Gasteiger partial charge >= 0.3 is 0 Å². The summed E-state index contributed by atoms with van der Waals surface area (Å²) in [6.45, 7) is 2.02. The highest BCUT2D eigenvalue weighted by molar-refractivity contribution is 7.22. The Balaban J connectivity index is 1.44. The monoisotopic (exact) mass is 377 g/mol. The van der Waals surface area contributed by atoms with Gasteiger partial charge in [0, 0.05) is 11.3 Å². The molecule has 6 nitrogen and oxygen atoms in total. The van der Waals surface area contributed by atoms with E-state index in [4.69, 9.17) is 4.42 Å². The van der Waals surface area contributed by atoms with Gasteiger partial charge in [0.2, 0.25) is 0 Å². The van der Waals surface area contributed by atoms with Crippen LogP contribution in [-0.4, -0.2) is 16.8 Å². The first-order chi connectivity index (χ1) is 13.1. The van der Waals surface area contributed by atoms with Gasteiger partial charge in [-0.05, 0) is 61.0 Å². The molecule has 134 valence electrons. The van der Waals surface area contributed by atoms with E-state index in [1.54, 1.807) is 36.4 Å². The fraction of sp³-hybridized carbons (Fsp3) is 0.0500. The molecule has 0 aliphatic rings. The van der Waals surface area contributed by atoms with Gasteiger partial charge in [-0.2, -0.15) is 0 Å². The highest BCUT2D eigenvalue weighted by Crippen LogP contribution is 2.27. The highest BCUT2D eigenvalue weighted by Gasteiger charge is 2.12. The summed E-state index contributed by atoms with van der Waals surface area (Å²) < 4.78 is 6.08. The number of amides is 2. The average molecular weight is 377 g/mol. The Bertz CT molecular complexity index is 1120. The van der Waals surface area contributed by atoms with Crippen LogP contribution in [0.25, 0.3) is 10.2 Å². The third kappa shape index (κ3) is 3.73. The van der Waals surface area contributed by atoms with Crippen molar-refractivity contribution < 1.29 is 14.0 Å². The number of hydrogen-bond donors (Lipinski definition) is 2. The maximum atomic E-state index is 12.4. The molecule has 27 heavy (non-hydrogen) atoms. The smallest absolute Gasteiger partial charge is 0.291 e. The van der Waals surface area contributed by atoms with Gasteiger partial charge in [0.1, 0.15) is 0 Å². The van der Waals surface area contributed by atoms with E-state index in [0.29, 0.717) is 16.4 Å². The number of nitrogens with one attached hydrogen (secondary N) is 2. The Morgan fingerprint density at radius 3 is 2.56 bits per heavy atom.